The lowest BCUT2D eigenvalue weighted by Crippen LogP contribution is -2.36. The molecule has 2 saturated heterocycles. The first-order chi connectivity index (χ1) is 12.9. The second kappa shape index (κ2) is 8.13. The van der Waals surface area contributed by atoms with E-state index in [4.69, 9.17) is 0 Å². The van der Waals surface area contributed by atoms with Gasteiger partial charge in [-0.1, -0.05) is 48.5 Å². The minimum absolute atomic E-state index is 0. The maximum absolute atomic E-state index is 13.3. The summed E-state index contributed by atoms with van der Waals surface area (Å²) in [4.78, 5) is 14.8. The van der Waals surface area contributed by atoms with E-state index in [9.17, 15) is 18.0 Å². The average Bonchev–Trinajstić information content (AvgIpc) is 3.23. The molecule has 1 N–H and O–H groups in total. The number of likely N-dealkylation sites (tertiary alicyclic amines) is 1. The van der Waals surface area contributed by atoms with Gasteiger partial charge in [-0.15, -0.1) is 12.4 Å². The number of nitrogens with one attached hydrogen (secondary N) is 1. The summed E-state index contributed by atoms with van der Waals surface area (Å²) < 4.78 is 39.8. The smallest absolute Gasteiger partial charge is 0.335 e. The van der Waals surface area contributed by atoms with Gasteiger partial charge in [-0.3, -0.25) is 4.79 Å². The SMILES string of the molecule is Cl.O=C(Cc1ccccc1C(F)(F)F)N1C[C@@H]2CNC[C@@H]2[C@@H]1c1ccccc1. The fourth-order valence-corrected chi connectivity index (χ4v) is 4.47. The van der Waals surface area contributed by atoms with Crippen LogP contribution in [0.15, 0.2) is 54.6 Å². The number of hydrogen-bond donors (Lipinski definition) is 1. The molecule has 2 aliphatic rings. The fraction of sp³-hybridized carbons (Fsp3) is 0.381. The molecule has 1 amide bonds. The summed E-state index contributed by atoms with van der Waals surface area (Å²) in [7, 11) is 0. The molecular weight excluding hydrogens is 389 g/mol. The lowest BCUT2D eigenvalue weighted by molar-refractivity contribution is -0.138. The number of halogens is 4. The zero-order chi connectivity index (χ0) is 19.0. The number of hydrogen-bond acceptors (Lipinski definition) is 2. The molecule has 2 aromatic rings. The summed E-state index contributed by atoms with van der Waals surface area (Å²) in [6.45, 7) is 2.26. The van der Waals surface area contributed by atoms with Crippen molar-refractivity contribution in [2.45, 2.75) is 18.6 Å². The van der Waals surface area contributed by atoms with Gasteiger partial charge >= 0.3 is 6.18 Å². The van der Waals surface area contributed by atoms with E-state index >= 15 is 0 Å². The van der Waals surface area contributed by atoms with Crippen LogP contribution in [0.5, 0.6) is 0 Å². The van der Waals surface area contributed by atoms with Crippen molar-refractivity contribution < 1.29 is 18.0 Å². The fourth-order valence-electron chi connectivity index (χ4n) is 4.47. The molecule has 0 unspecified atom stereocenters. The summed E-state index contributed by atoms with van der Waals surface area (Å²) in [5.74, 6) is 0.404. The first-order valence-corrected chi connectivity index (χ1v) is 9.15. The van der Waals surface area contributed by atoms with Crippen molar-refractivity contribution in [1.29, 1.82) is 0 Å². The Hall–Kier alpha value is -2.05. The van der Waals surface area contributed by atoms with Gasteiger partial charge in [0, 0.05) is 25.6 Å². The van der Waals surface area contributed by atoms with E-state index in [1.807, 2.05) is 30.3 Å². The van der Waals surface area contributed by atoms with Crippen LogP contribution in [0.25, 0.3) is 0 Å². The van der Waals surface area contributed by atoms with E-state index in [1.54, 1.807) is 11.0 Å². The lowest BCUT2D eigenvalue weighted by Gasteiger charge is -2.29. The van der Waals surface area contributed by atoms with Gasteiger partial charge in [0.15, 0.2) is 0 Å². The number of carbonyl (C=O) groups is 1. The normalized spacial score (nSPS) is 24.0. The molecule has 2 aromatic carbocycles. The number of alkyl halides is 3. The Morgan fingerprint density at radius 1 is 1.04 bits per heavy atom. The van der Waals surface area contributed by atoms with Crippen molar-refractivity contribution in [3.05, 3.63) is 71.3 Å². The Balaban J connectivity index is 0.00000225. The van der Waals surface area contributed by atoms with Gasteiger partial charge in [-0.05, 0) is 23.1 Å². The highest BCUT2D eigenvalue weighted by molar-refractivity contribution is 5.85. The molecule has 0 aromatic heterocycles. The quantitative estimate of drug-likeness (QED) is 0.826. The van der Waals surface area contributed by atoms with Gasteiger partial charge in [0.05, 0.1) is 18.0 Å². The molecule has 150 valence electrons. The van der Waals surface area contributed by atoms with Gasteiger partial charge < -0.3 is 10.2 Å². The van der Waals surface area contributed by atoms with E-state index in [-0.39, 0.29) is 36.3 Å². The lowest BCUT2D eigenvalue weighted by atomic mass is 9.89. The molecule has 0 bridgehead atoms. The van der Waals surface area contributed by atoms with E-state index < -0.39 is 11.7 Å². The third-order valence-electron chi connectivity index (χ3n) is 5.69. The highest BCUT2D eigenvalue weighted by Crippen LogP contribution is 2.43. The van der Waals surface area contributed by atoms with Gasteiger partial charge in [0.1, 0.15) is 0 Å². The average molecular weight is 411 g/mol. The number of nitrogens with zero attached hydrogens (tertiary/aromatic N) is 1. The van der Waals surface area contributed by atoms with Crippen LogP contribution >= 0.6 is 12.4 Å². The number of carbonyl (C=O) groups excluding carboxylic acids is 1. The third kappa shape index (κ3) is 3.89. The molecule has 3 nitrogen and oxygen atoms in total. The Labute approximate surface area is 168 Å². The van der Waals surface area contributed by atoms with E-state index in [1.165, 1.54) is 12.1 Å². The summed E-state index contributed by atoms with van der Waals surface area (Å²) in [6.07, 6.45) is -4.69. The van der Waals surface area contributed by atoms with E-state index in [2.05, 4.69) is 5.32 Å². The van der Waals surface area contributed by atoms with Gasteiger partial charge in [-0.25, -0.2) is 0 Å². The van der Waals surface area contributed by atoms with Crippen LogP contribution in [-0.2, 0) is 17.4 Å². The van der Waals surface area contributed by atoms with E-state index in [0.717, 1.165) is 24.7 Å². The number of amides is 1. The van der Waals surface area contributed by atoms with E-state index in [0.29, 0.717) is 18.4 Å². The van der Waals surface area contributed by atoms with Crippen molar-refractivity contribution in [3.8, 4) is 0 Å². The maximum atomic E-state index is 13.3. The Bertz CT molecular complexity index is 828. The Morgan fingerprint density at radius 2 is 1.71 bits per heavy atom. The topological polar surface area (TPSA) is 32.3 Å². The van der Waals surface area contributed by atoms with Crippen LogP contribution in [0.4, 0.5) is 13.2 Å². The molecule has 7 heteroatoms. The van der Waals surface area contributed by atoms with Gasteiger partial charge in [0.25, 0.3) is 0 Å². The molecule has 4 rings (SSSR count). The highest BCUT2D eigenvalue weighted by Gasteiger charge is 2.46. The largest absolute Gasteiger partial charge is 0.416 e. The Kier molecular flexibility index (Phi) is 6.01. The molecule has 0 saturated carbocycles. The molecule has 2 fully saturated rings. The maximum Gasteiger partial charge on any atom is 0.416 e. The number of rotatable bonds is 3. The number of benzene rings is 2. The van der Waals surface area contributed by atoms with Crippen LogP contribution in [0.2, 0.25) is 0 Å². The van der Waals surface area contributed by atoms with Crippen molar-refractivity contribution in [2.75, 3.05) is 19.6 Å². The first kappa shape index (κ1) is 20.7. The minimum Gasteiger partial charge on any atom is -0.335 e. The first-order valence-electron chi connectivity index (χ1n) is 9.15. The molecule has 3 atom stereocenters. The summed E-state index contributed by atoms with van der Waals surface area (Å²) >= 11 is 0. The van der Waals surface area contributed by atoms with Gasteiger partial charge in [0.2, 0.25) is 5.91 Å². The molecule has 2 heterocycles. The van der Waals surface area contributed by atoms with Crippen molar-refractivity contribution >= 4 is 18.3 Å². The van der Waals surface area contributed by atoms with Crippen LogP contribution in [-0.4, -0.2) is 30.4 Å². The van der Waals surface area contributed by atoms with Crippen molar-refractivity contribution in [1.82, 2.24) is 10.2 Å². The predicted molar refractivity (Wildman–Crippen MR) is 103 cm³/mol. The van der Waals surface area contributed by atoms with Crippen LogP contribution in [0.3, 0.4) is 0 Å². The van der Waals surface area contributed by atoms with Crippen LogP contribution in [0, 0.1) is 11.8 Å². The standard InChI is InChI=1S/C21H21F3N2O.ClH/c22-21(23,24)18-9-5-4-8-15(18)10-19(27)26-13-16-11-25-12-17(16)20(26)14-6-2-1-3-7-14;/h1-9,16-17,20,25H,10-13H2;1H/t16-,17-,20-;/m0./s1. The summed E-state index contributed by atoms with van der Waals surface area (Å²) in [5, 5.41) is 3.38. The second-order valence-electron chi connectivity index (χ2n) is 7.32. The molecule has 28 heavy (non-hydrogen) atoms. The third-order valence-corrected chi connectivity index (χ3v) is 5.69. The molecular formula is C21H22ClF3N2O. The van der Waals surface area contributed by atoms with Gasteiger partial charge in [-0.2, -0.15) is 13.2 Å². The Morgan fingerprint density at radius 3 is 2.43 bits per heavy atom. The summed E-state index contributed by atoms with van der Waals surface area (Å²) in [6, 6.07) is 15.1. The zero-order valence-corrected chi connectivity index (χ0v) is 16.0. The molecule has 0 aliphatic carbocycles. The molecule has 0 radical (unpaired) electrons. The highest BCUT2D eigenvalue weighted by atomic mass is 35.5. The summed E-state index contributed by atoms with van der Waals surface area (Å²) in [5.41, 5.74) is 0.360. The predicted octanol–water partition coefficient (Wildman–Crippen LogP) is 4.09. The zero-order valence-electron chi connectivity index (χ0n) is 15.2. The van der Waals surface area contributed by atoms with Crippen LogP contribution < -0.4 is 5.32 Å². The van der Waals surface area contributed by atoms with Crippen molar-refractivity contribution in [2.24, 2.45) is 11.8 Å². The monoisotopic (exact) mass is 410 g/mol. The molecule has 2 aliphatic heterocycles. The number of fused-ring (bicyclic) bond motifs is 1. The minimum atomic E-state index is -4.46. The molecule has 0 spiro atoms. The second-order valence-corrected chi connectivity index (χ2v) is 7.32. The van der Waals surface area contributed by atoms with Crippen molar-refractivity contribution in [3.63, 3.8) is 0 Å². The van der Waals surface area contributed by atoms with Crippen LogP contribution in [0.1, 0.15) is 22.7 Å².